The zero-order valence-corrected chi connectivity index (χ0v) is 11.5. The van der Waals surface area contributed by atoms with Gasteiger partial charge < -0.3 is 21.9 Å². The van der Waals surface area contributed by atoms with Gasteiger partial charge in [0.1, 0.15) is 6.04 Å². The number of primary amides is 1. The van der Waals surface area contributed by atoms with Gasteiger partial charge in [-0.3, -0.25) is 9.59 Å². The number of aryl methyl sites for hydroxylation is 1. The van der Waals surface area contributed by atoms with Gasteiger partial charge in [0.25, 0.3) is 0 Å². The van der Waals surface area contributed by atoms with E-state index in [-0.39, 0.29) is 19.3 Å². The largest absolute Gasteiger partial charge is 0.480 e. The first-order chi connectivity index (χ1) is 9.88. The molecule has 1 unspecified atom stereocenters. The van der Waals surface area contributed by atoms with Crippen molar-refractivity contribution >= 4 is 23.5 Å². The van der Waals surface area contributed by atoms with Gasteiger partial charge in [0.2, 0.25) is 11.8 Å². The fourth-order valence-electron chi connectivity index (χ4n) is 1.82. The number of benzene rings is 1. The number of carbonyl (C=O) groups excluding carboxylic acids is 2. The predicted molar refractivity (Wildman–Crippen MR) is 77.2 cm³/mol. The van der Waals surface area contributed by atoms with Gasteiger partial charge in [0.15, 0.2) is 0 Å². The van der Waals surface area contributed by atoms with Crippen LogP contribution in [0.2, 0.25) is 0 Å². The van der Waals surface area contributed by atoms with E-state index >= 15 is 0 Å². The van der Waals surface area contributed by atoms with Gasteiger partial charge >= 0.3 is 5.97 Å². The minimum Gasteiger partial charge on any atom is -0.480 e. The number of nitrogens with one attached hydrogen (secondary N) is 1. The number of carboxylic acid groups (broad SMARTS) is 1. The van der Waals surface area contributed by atoms with Crippen molar-refractivity contribution in [2.75, 3.05) is 5.73 Å². The standard InChI is InChI=1S/C14H19N3O4/c15-10-3-1-2-9(8-10)4-7-13(19)17-11(14(20)21)5-6-12(16)18/h1-3,8,11H,4-7,15H2,(H2,16,18)(H,17,19)(H,20,21). The molecule has 0 saturated carbocycles. The van der Waals surface area contributed by atoms with E-state index in [2.05, 4.69) is 5.32 Å². The van der Waals surface area contributed by atoms with E-state index in [9.17, 15) is 14.4 Å². The molecule has 0 aliphatic rings. The summed E-state index contributed by atoms with van der Waals surface area (Å²) in [6.07, 6.45) is 0.490. The van der Waals surface area contributed by atoms with Crippen LogP contribution >= 0.6 is 0 Å². The summed E-state index contributed by atoms with van der Waals surface area (Å²) in [5.74, 6) is -2.18. The molecule has 1 rings (SSSR count). The molecular weight excluding hydrogens is 274 g/mol. The van der Waals surface area contributed by atoms with Gasteiger partial charge in [-0.2, -0.15) is 0 Å². The first-order valence-corrected chi connectivity index (χ1v) is 6.53. The summed E-state index contributed by atoms with van der Waals surface area (Å²) < 4.78 is 0. The van der Waals surface area contributed by atoms with E-state index in [1.807, 2.05) is 6.07 Å². The number of anilines is 1. The first kappa shape index (κ1) is 16.5. The molecule has 0 aliphatic carbocycles. The summed E-state index contributed by atoms with van der Waals surface area (Å²) in [6, 6.07) is 6.02. The van der Waals surface area contributed by atoms with Crippen LogP contribution in [0.1, 0.15) is 24.8 Å². The SMILES string of the molecule is NC(=O)CCC(NC(=O)CCc1cccc(N)c1)C(=O)O. The fourth-order valence-corrected chi connectivity index (χ4v) is 1.82. The Bertz CT molecular complexity index is 531. The number of hydrogen-bond acceptors (Lipinski definition) is 4. The van der Waals surface area contributed by atoms with Crippen molar-refractivity contribution in [2.45, 2.75) is 31.7 Å². The minimum atomic E-state index is -1.19. The summed E-state index contributed by atoms with van der Waals surface area (Å²) in [5, 5.41) is 11.4. The zero-order chi connectivity index (χ0) is 15.8. The third-order valence-corrected chi connectivity index (χ3v) is 2.90. The highest BCUT2D eigenvalue weighted by molar-refractivity contribution is 5.84. The van der Waals surface area contributed by atoms with Crippen LogP contribution in [0.3, 0.4) is 0 Å². The topological polar surface area (TPSA) is 136 Å². The quantitative estimate of drug-likeness (QED) is 0.502. The molecule has 0 heterocycles. The molecular formula is C14H19N3O4. The van der Waals surface area contributed by atoms with Gasteiger partial charge in [0, 0.05) is 18.5 Å². The van der Waals surface area contributed by atoms with Gasteiger partial charge in [-0.05, 0) is 30.5 Å². The maximum absolute atomic E-state index is 11.7. The van der Waals surface area contributed by atoms with E-state index < -0.39 is 23.8 Å². The molecule has 0 spiro atoms. The van der Waals surface area contributed by atoms with E-state index in [1.54, 1.807) is 18.2 Å². The minimum absolute atomic E-state index is 0.0192. The number of amides is 2. The van der Waals surface area contributed by atoms with Crippen molar-refractivity contribution in [1.82, 2.24) is 5.32 Å². The van der Waals surface area contributed by atoms with Crippen LogP contribution in [0.4, 0.5) is 5.69 Å². The Kier molecular flexibility index (Phi) is 6.19. The second-order valence-electron chi connectivity index (χ2n) is 4.71. The number of rotatable bonds is 8. The molecule has 6 N–H and O–H groups in total. The van der Waals surface area contributed by atoms with E-state index in [4.69, 9.17) is 16.6 Å². The Morgan fingerprint density at radius 3 is 2.52 bits per heavy atom. The smallest absolute Gasteiger partial charge is 0.326 e. The van der Waals surface area contributed by atoms with Gasteiger partial charge in [-0.15, -0.1) is 0 Å². The fraction of sp³-hybridized carbons (Fsp3) is 0.357. The average Bonchev–Trinajstić information content (AvgIpc) is 2.40. The highest BCUT2D eigenvalue weighted by atomic mass is 16.4. The van der Waals surface area contributed by atoms with Crippen molar-refractivity contribution in [3.05, 3.63) is 29.8 Å². The van der Waals surface area contributed by atoms with E-state index in [0.29, 0.717) is 12.1 Å². The maximum Gasteiger partial charge on any atom is 0.326 e. The van der Waals surface area contributed by atoms with Crippen LogP contribution in [0.15, 0.2) is 24.3 Å². The Balaban J connectivity index is 2.46. The van der Waals surface area contributed by atoms with Gasteiger partial charge in [-0.1, -0.05) is 12.1 Å². The Labute approximate surface area is 122 Å². The normalized spacial score (nSPS) is 11.6. The van der Waals surface area contributed by atoms with Gasteiger partial charge in [-0.25, -0.2) is 4.79 Å². The lowest BCUT2D eigenvalue weighted by Gasteiger charge is -2.13. The summed E-state index contributed by atoms with van der Waals surface area (Å²) >= 11 is 0. The molecule has 1 aromatic rings. The molecule has 2 amide bonds. The van der Waals surface area contributed by atoms with Crippen LogP contribution in [0.25, 0.3) is 0 Å². The number of nitrogen functional groups attached to an aromatic ring is 1. The lowest BCUT2D eigenvalue weighted by atomic mass is 10.1. The van der Waals surface area contributed by atoms with Crippen molar-refractivity contribution in [3.8, 4) is 0 Å². The monoisotopic (exact) mass is 293 g/mol. The number of nitrogens with two attached hydrogens (primary N) is 2. The number of carbonyl (C=O) groups is 3. The van der Waals surface area contributed by atoms with Gasteiger partial charge in [0.05, 0.1) is 0 Å². The number of carboxylic acids is 1. The second-order valence-corrected chi connectivity index (χ2v) is 4.71. The molecule has 7 heteroatoms. The Morgan fingerprint density at radius 1 is 1.24 bits per heavy atom. The third kappa shape index (κ3) is 6.42. The lowest BCUT2D eigenvalue weighted by Crippen LogP contribution is -2.41. The molecule has 0 radical (unpaired) electrons. The Hall–Kier alpha value is -2.57. The maximum atomic E-state index is 11.7. The third-order valence-electron chi connectivity index (χ3n) is 2.90. The summed E-state index contributed by atoms with van der Waals surface area (Å²) in [6.45, 7) is 0. The molecule has 21 heavy (non-hydrogen) atoms. The number of hydrogen-bond donors (Lipinski definition) is 4. The van der Waals surface area contributed by atoms with Crippen molar-refractivity contribution < 1.29 is 19.5 Å². The van der Waals surface area contributed by atoms with Crippen LogP contribution in [-0.2, 0) is 20.8 Å². The molecule has 0 fully saturated rings. The summed E-state index contributed by atoms with van der Waals surface area (Å²) in [7, 11) is 0. The molecule has 114 valence electrons. The summed E-state index contributed by atoms with van der Waals surface area (Å²) in [4.78, 5) is 33.4. The lowest BCUT2D eigenvalue weighted by molar-refractivity contribution is -0.142. The zero-order valence-electron chi connectivity index (χ0n) is 11.5. The summed E-state index contributed by atoms with van der Waals surface area (Å²) in [5.41, 5.74) is 12.1. The molecule has 7 nitrogen and oxygen atoms in total. The molecule has 0 saturated heterocycles. The first-order valence-electron chi connectivity index (χ1n) is 6.53. The Morgan fingerprint density at radius 2 is 1.95 bits per heavy atom. The average molecular weight is 293 g/mol. The highest BCUT2D eigenvalue weighted by Gasteiger charge is 2.20. The number of aliphatic carboxylic acids is 1. The molecule has 0 bridgehead atoms. The second kappa shape index (κ2) is 7.88. The van der Waals surface area contributed by atoms with Crippen molar-refractivity contribution in [3.63, 3.8) is 0 Å². The van der Waals surface area contributed by atoms with Crippen LogP contribution in [0.5, 0.6) is 0 Å². The van der Waals surface area contributed by atoms with Crippen LogP contribution < -0.4 is 16.8 Å². The molecule has 0 aliphatic heterocycles. The van der Waals surface area contributed by atoms with Crippen LogP contribution in [-0.4, -0.2) is 28.9 Å². The molecule has 1 aromatic carbocycles. The van der Waals surface area contributed by atoms with E-state index in [1.165, 1.54) is 0 Å². The highest BCUT2D eigenvalue weighted by Crippen LogP contribution is 2.09. The van der Waals surface area contributed by atoms with E-state index in [0.717, 1.165) is 5.56 Å². The van der Waals surface area contributed by atoms with Crippen LogP contribution in [0, 0.1) is 0 Å². The predicted octanol–water partition coefficient (Wildman–Crippen LogP) is 0.0363. The molecule has 1 atom stereocenters. The van der Waals surface area contributed by atoms with Crippen molar-refractivity contribution in [1.29, 1.82) is 0 Å². The molecule has 0 aromatic heterocycles. The van der Waals surface area contributed by atoms with Crippen molar-refractivity contribution in [2.24, 2.45) is 5.73 Å².